The number of imidazole rings is 1. The maximum atomic E-state index is 13.7. The third-order valence-electron chi connectivity index (χ3n) is 5.03. The van der Waals surface area contributed by atoms with E-state index < -0.39 is 15.7 Å². The van der Waals surface area contributed by atoms with Crippen molar-refractivity contribution >= 4 is 27.3 Å². The van der Waals surface area contributed by atoms with Gasteiger partial charge in [0.15, 0.2) is 0 Å². The number of hydrogen-bond acceptors (Lipinski definition) is 4. The van der Waals surface area contributed by atoms with Gasteiger partial charge in [0.25, 0.3) is 5.91 Å². The molecule has 3 aromatic rings. The highest BCUT2D eigenvalue weighted by Gasteiger charge is 2.26. The van der Waals surface area contributed by atoms with E-state index in [1.54, 1.807) is 34.9 Å². The van der Waals surface area contributed by atoms with Crippen molar-refractivity contribution in [3.63, 3.8) is 0 Å². The molecule has 180 valence electrons. The van der Waals surface area contributed by atoms with Gasteiger partial charge in [-0.15, -0.1) is 6.58 Å². The van der Waals surface area contributed by atoms with Gasteiger partial charge in [0, 0.05) is 23.7 Å². The highest BCUT2D eigenvalue weighted by Crippen LogP contribution is 2.22. The Hall–Kier alpha value is -2.97. The van der Waals surface area contributed by atoms with Gasteiger partial charge >= 0.3 is 0 Å². The minimum atomic E-state index is -3.79. The second-order valence-corrected chi connectivity index (χ2v) is 10.7. The molecule has 0 radical (unpaired) electrons. The lowest BCUT2D eigenvalue weighted by Crippen LogP contribution is -2.32. The van der Waals surface area contributed by atoms with Crippen LogP contribution >= 0.6 is 11.6 Å². The molecule has 0 bridgehead atoms. The van der Waals surface area contributed by atoms with Crippen LogP contribution in [0.25, 0.3) is 0 Å². The first kappa shape index (κ1) is 25.6. The largest absolute Gasteiger partial charge is 0.329 e. The van der Waals surface area contributed by atoms with E-state index in [4.69, 9.17) is 11.6 Å². The molecular weight excluding hydrogens is 477 g/mol. The number of carbonyl (C=O) groups excluding carboxylic acids is 1. The number of sulfone groups is 1. The summed E-state index contributed by atoms with van der Waals surface area (Å²) in [6.45, 7) is 8.34. The number of amides is 1. The zero-order chi connectivity index (χ0) is 24.9. The van der Waals surface area contributed by atoms with Crippen molar-refractivity contribution < 1.29 is 17.6 Å². The van der Waals surface area contributed by atoms with Gasteiger partial charge in [0.2, 0.25) is 15.0 Å². The third-order valence-corrected chi connectivity index (χ3v) is 6.86. The molecule has 1 amide bonds. The van der Waals surface area contributed by atoms with Crippen molar-refractivity contribution in [3.8, 4) is 0 Å². The molecule has 34 heavy (non-hydrogen) atoms. The molecule has 1 aromatic heterocycles. The Morgan fingerprint density at radius 3 is 2.62 bits per heavy atom. The van der Waals surface area contributed by atoms with Gasteiger partial charge in [-0.1, -0.05) is 49.7 Å². The number of rotatable bonds is 10. The second kappa shape index (κ2) is 11.0. The smallest absolute Gasteiger partial charge is 0.254 e. The van der Waals surface area contributed by atoms with Crippen molar-refractivity contribution in [1.29, 1.82) is 0 Å². The molecule has 0 aliphatic rings. The molecule has 0 unspecified atom stereocenters. The minimum Gasteiger partial charge on any atom is -0.329 e. The Kier molecular flexibility index (Phi) is 8.28. The van der Waals surface area contributed by atoms with Gasteiger partial charge in [-0.2, -0.15) is 0 Å². The van der Waals surface area contributed by atoms with Crippen molar-refractivity contribution in [2.75, 3.05) is 6.54 Å². The highest BCUT2D eigenvalue weighted by molar-refractivity contribution is 7.90. The molecular formula is C25H27ClFN3O3S. The summed E-state index contributed by atoms with van der Waals surface area (Å²) in [6.07, 6.45) is 3.04. The van der Waals surface area contributed by atoms with E-state index in [1.807, 2.05) is 13.8 Å². The fourth-order valence-electron chi connectivity index (χ4n) is 3.61. The molecule has 6 nitrogen and oxygen atoms in total. The average Bonchev–Trinajstić information content (AvgIpc) is 3.15. The predicted molar refractivity (Wildman–Crippen MR) is 131 cm³/mol. The molecule has 0 aliphatic heterocycles. The van der Waals surface area contributed by atoms with Crippen LogP contribution in [0, 0.1) is 11.7 Å². The topological polar surface area (TPSA) is 72.3 Å². The van der Waals surface area contributed by atoms with Crippen LogP contribution in [0.1, 0.15) is 35.5 Å². The lowest BCUT2D eigenvalue weighted by atomic mass is 10.2. The predicted octanol–water partition coefficient (Wildman–Crippen LogP) is 5.13. The van der Waals surface area contributed by atoms with Gasteiger partial charge in [0.1, 0.15) is 5.82 Å². The Morgan fingerprint density at radius 2 is 1.97 bits per heavy atom. The van der Waals surface area contributed by atoms with Crippen molar-refractivity contribution in [1.82, 2.24) is 14.5 Å². The first-order valence-corrected chi connectivity index (χ1v) is 12.8. The van der Waals surface area contributed by atoms with Crippen LogP contribution in [0.15, 0.2) is 72.5 Å². The Labute approximate surface area is 204 Å². The number of hydrogen-bond donors (Lipinski definition) is 0. The van der Waals surface area contributed by atoms with E-state index in [-0.39, 0.29) is 41.4 Å². The van der Waals surface area contributed by atoms with E-state index >= 15 is 0 Å². The van der Waals surface area contributed by atoms with Crippen molar-refractivity contribution in [2.45, 2.75) is 37.8 Å². The monoisotopic (exact) mass is 503 g/mol. The summed E-state index contributed by atoms with van der Waals surface area (Å²) < 4.78 is 41.8. The number of benzene rings is 2. The fraction of sp³-hybridized carbons (Fsp3) is 0.280. The molecule has 0 atom stereocenters. The number of aromatic nitrogens is 2. The van der Waals surface area contributed by atoms with Crippen LogP contribution in [-0.4, -0.2) is 35.3 Å². The molecule has 0 aliphatic carbocycles. The average molecular weight is 504 g/mol. The number of carbonyl (C=O) groups is 1. The summed E-state index contributed by atoms with van der Waals surface area (Å²) in [6, 6.07) is 12.1. The molecule has 0 saturated carbocycles. The number of nitrogens with zero attached hydrogens (tertiary/aromatic N) is 3. The van der Waals surface area contributed by atoms with Gasteiger partial charge in [-0.25, -0.2) is 17.8 Å². The number of halogens is 2. The first-order valence-electron chi connectivity index (χ1n) is 10.8. The summed E-state index contributed by atoms with van der Waals surface area (Å²) >= 11 is 6.02. The molecule has 3 rings (SSSR count). The van der Waals surface area contributed by atoms with Gasteiger partial charge < -0.3 is 9.47 Å². The maximum Gasteiger partial charge on any atom is 0.254 e. The van der Waals surface area contributed by atoms with E-state index in [9.17, 15) is 17.6 Å². The van der Waals surface area contributed by atoms with Crippen LogP contribution in [0.2, 0.25) is 5.02 Å². The molecule has 1 heterocycles. The molecule has 9 heteroatoms. The van der Waals surface area contributed by atoms with E-state index in [1.165, 1.54) is 35.4 Å². The second-order valence-electron chi connectivity index (χ2n) is 8.41. The first-order chi connectivity index (χ1) is 16.1. The van der Waals surface area contributed by atoms with E-state index in [2.05, 4.69) is 11.6 Å². The summed E-state index contributed by atoms with van der Waals surface area (Å²) in [5.74, 6) is -1.02. The maximum absolute atomic E-state index is 13.7. The zero-order valence-corrected chi connectivity index (χ0v) is 20.7. The van der Waals surface area contributed by atoms with E-state index in [0.717, 1.165) is 0 Å². The van der Waals surface area contributed by atoms with Gasteiger partial charge in [-0.3, -0.25) is 4.79 Å². The van der Waals surface area contributed by atoms with Gasteiger partial charge in [0.05, 0.1) is 24.2 Å². The molecule has 2 aromatic carbocycles. The minimum absolute atomic E-state index is 0.0621. The highest BCUT2D eigenvalue weighted by atomic mass is 35.5. The quantitative estimate of drug-likeness (QED) is 0.359. The molecule has 0 fully saturated rings. The van der Waals surface area contributed by atoms with Crippen molar-refractivity contribution in [2.24, 2.45) is 5.92 Å². The summed E-state index contributed by atoms with van der Waals surface area (Å²) in [7, 11) is -3.79. The SMILES string of the molecule is C=CCN(Cc1cnc(S(=O)(=O)Cc2cccc(Cl)c2)n1CC(C)C)C(=O)c1cccc(F)c1. The Bertz CT molecular complexity index is 1290. The van der Waals surface area contributed by atoms with Crippen LogP contribution in [0.3, 0.4) is 0 Å². The van der Waals surface area contributed by atoms with Crippen molar-refractivity contribution in [3.05, 3.63) is 95.0 Å². The Morgan fingerprint density at radius 1 is 1.24 bits per heavy atom. The van der Waals surface area contributed by atoms with Crippen LogP contribution in [0.5, 0.6) is 0 Å². The summed E-state index contributed by atoms with van der Waals surface area (Å²) in [5.41, 5.74) is 1.32. The van der Waals surface area contributed by atoms with Crippen LogP contribution in [0.4, 0.5) is 4.39 Å². The molecule has 0 N–H and O–H groups in total. The molecule has 0 saturated heterocycles. The van der Waals surface area contributed by atoms with Crippen LogP contribution in [-0.2, 0) is 28.7 Å². The molecule has 0 spiro atoms. The van der Waals surface area contributed by atoms with Crippen LogP contribution < -0.4 is 0 Å². The normalized spacial score (nSPS) is 11.6. The summed E-state index contributed by atoms with van der Waals surface area (Å²) in [4.78, 5) is 18.8. The summed E-state index contributed by atoms with van der Waals surface area (Å²) in [5, 5.41) is 0.391. The Balaban J connectivity index is 1.96. The van der Waals surface area contributed by atoms with E-state index in [0.29, 0.717) is 22.8 Å². The lowest BCUT2D eigenvalue weighted by Gasteiger charge is -2.23. The standard InChI is InChI=1S/C25H27ClFN3O3S/c1-4-11-29(24(31)20-8-6-10-22(27)13-20)16-23-14-28-25(30(23)15-18(2)3)34(32,33)17-19-7-5-9-21(26)12-19/h4-10,12-14,18H,1,11,15-17H2,2-3H3. The third kappa shape index (κ3) is 6.33. The van der Waals surface area contributed by atoms with Gasteiger partial charge in [-0.05, 0) is 41.8 Å². The lowest BCUT2D eigenvalue weighted by molar-refractivity contribution is 0.0758. The zero-order valence-electron chi connectivity index (χ0n) is 19.1. The fourth-order valence-corrected chi connectivity index (χ4v) is 5.31.